The molecule has 2 aliphatic rings. The molecule has 0 spiro atoms. The van der Waals surface area contributed by atoms with Gasteiger partial charge in [-0.25, -0.2) is 0 Å². The molecule has 0 heterocycles. The molecule has 2 aromatic carbocycles. The average molecular weight is 562 g/mol. The maximum Gasteiger partial charge on any atom is 0.0914 e. The van der Waals surface area contributed by atoms with Crippen molar-refractivity contribution in [3.63, 3.8) is 0 Å². The summed E-state index contributed by atoms with van der Waals surface area (Å²) in [5, 5.41) is 0. The molecule has 138 valence electrons. The molecule has 27 heavy (non-hydrogen) atoms. The van der Waals surface area contributed by atoms with Gasteiger partial charge in [0.25, 0.3) is 0 Å². The molecule has 2 aliphatic carbocycles. The molecule has 3 heteroatoms. The van der Waals surface area contributed by atoms with E-state index in [1.54, 1.807) is 0 Å². The van der Waals surface area contributed by atoms with Crippen LogP contribution < -0.4 is 0 Å². The molecule has 4 rings (SSSR count). The summed E-state index contributed by atoms with van der Waals surface area (Å²) >= 11 is 14.5. The number of benzene rings is 2. The summed E-state index contributed by atoms with van der Waals surface area (Å²) < 4.78 is 0. The molecule has 0 nitrogen and oxygen atoms in total. The van der Waals surface area contributed by atoms with Gasteiger partial charge in [-0.2, -0.15) is 0 Å². The minimum absolute atomic E-state index is 0. The smallest absolute Gasteiger partial charge is 0.0914 e. The number of hydrogen-bond acceptors (Lipinski definition) is 0. The van der Waals surface area contributed by atoms with Crippen molar-refractivity contribution >= 4 is 34.3 Å². The standard InChI is InChI=1S/C24H24Cl2.Hf/c1-15-17(3)23(25,21-11-7-5-9-19(15)21)13-14-24(26)18(4)16(2)20-10-6-8-12-22(20)24;/h5-12H,13-14H2,1-4H3;. The minimum atomic E-state index is -0.464. The number of hydrogen-bond donors (Lipinski definition) is 0. The van der Waals surface area contributed by atoms with Crippen molar-refractivity contribution < 1.29 is 25.8 Å². The van der Waals surface area contributed by atoms with E-state index in [1.165, 1.54) is 44.5 Å². The van der Waals surface area contributed by atoms with Gasteiger partial charge < -0.3 is 0 Å². The fourth-order valence-electron chi connectivity index (χ4n) is 4.70. The summed E-state index contributed by atoms with van der Waals surface area (Å²) in [6, 6.07) is 17.0. The molecule has 2 unspecified atom stereocenters. The molecule has 0 amide bonds. The summed E-state index contributed by atoms with van der Waals surface area (Å²) in [6.45, 7) is 8.68. The van der Waals surface area contributed by atoms with Crippen molar-refractivity contribution in [2.45, 2.75) is 50.3 Å². The second-order valence-corrected chi connectivity index (χ2v) is 8.98. The zero-order chi connectivity index (χ0) is 18.7. The summed E-state index contributed by atoms with van der Waals surface area (Å²) in [4.78, 5) is -0.928. The predicted octanol–water partition coefficient (Wildman–Crippen LogP) is 7.65. The molecule has 0 radical (unpaired) electrons. The fraction of sp³-hybridized carbons (Fsp3) is 0.333. The largest absolute Gasteiger partial charge is 0.109 e. The molecular weight excluding hydrogens is 538 g/mol. The quantitative estimate of drug-likeness (QED) is 0.267. The molecule has 0 fully saturated rings. The number of allylic oxidation sites excluding steroid dienone is 4. The van der Waals surface area contributed by atoms with Crippen LogP contribution in [0.3, 0.4) is 0 Å². The van der Waals surface area contributed by atoms with Crippen LogP contribution in [0.5, 0.6) is 0 Å². The summed E-state index contributed by atoms with van der Waals surface area (Å²) in [5.74, 6) is 0. The third-order valence-corrected chi connectivity index (χ3v) is 8.00. The van der Waals surface area contributed by atoms with Crippen LogP contribution in [0.25, 0.3) is 11.1 Å². The van der Waals surface area contributed by atoms with Gasteiger partial charge in [-0.3, -0.25) is 0 Å². The first-order valence-electron chi connectivity index (χ1n) is 9.24. The van der Waals surface area contributed by atoms with Gasteiger partial charge in [0.1, 0.15) is 0 Å². The SMILES string of the molecule is CC1=C(C)C(Cl)(CCC2(Cl)C(C)=C(C)c3ccccc32)c2ccccc21.[Hf]. The molecule has 0 N–H and O–H groups in total. The van der Waals surface area contributed by atoms with Gasteiger partial charge in [-0.15, -0.1) is 23.2 Å². The number of halogens is 2. The number of alkyl halides is 2. The Morgan fingerprint density at radius 3 is 1.33 bits per heavy atom. The Morgan fingerprint density at radius 2 is 0.963 bits per heavy atom. The van der Waals surface area contributed by atoms with E-state index in [0.717, 1.165) is 12.8 Å². The van der Waals surface area contributed by atoms with Gasteiger partial charge in [0.05, 0.1) is 9.75 Å². The van der Waals surface area contributed by atoms with E-state index in [9.17, 15) is 0 Å². The van der Waals surface area contributed by atoms with E-state index < -0.39 is 9.75 Å². The zero-order valence-electron chi connectivity index (χ0n) is 16.3. The first-order chi connectivity index (χ1) is 12.3. The molecule has 0 bridgehead atoms. The Bertz CT molecular complexity index is 892. The first kappa shape index (κ1) is 21.1. The van der Waals surface area contributed by atoms with E-state index in [-0.39, 0.29) is 25.8 Å². The van der Waals surface area contributed by atoms with Crippen molar-refractivity contribution in [2.24, 2.45) is 0 Å². The van der Waals surface area contributed by atoms with Gasteiger partial charge in [0.2, 0.25) is 0 Å². The topological polar surface area (TPSA) is 0 Å². The summed E-state index contributed by atoms with van der Waals surface area (Å²) in [5.41, 5.74) is 10.1. The Hall–Kier alpha value is -0.630. The van der Waals surface area contributed by atoms with Crippen LogP contribution in [0.15, 0.2) is 59.7 Å². The van der Waals surface area contributed by atoms with Crippen molar-refractivity contribution in [3.05, 3.63) is 81.9 Å². The van der Waals surface area contributed by atoms with Crippen LogP contribution in [-0.4, -0.2) is 0 Å². The molecule has 0 aliphatic heterocycles. The Labute approximate surface area is 191 Å². The first-order valence-corrected chi connectivity index (χ1v) is 10.00. The zero-order valence-corrected chi connectivity index (χ0v) is 21.4. The van der Waals surface area contributed by atoms with E-state index in [0.29, 0.717) is 0 Å². The van der Waals surface area contributed by atoms with Crippen LogP contribution in [0.4, 0.5) is 0 Å². The number of fused-ring (bicyclic) bond motifs is 2. The molecule has 0 saturated carbocycles. The molecule has 2 atom stereocenters. The van der Waals surface area contributed by atoms with Gasteiger partial charge in [0, 0.05) is 25.8 Å². The predicted molar refractivity (Wildman–Crippen MR) is 114 cm³/mol. The minimum Gasteiger partial charge on any atom is -0.109 e. The summed E-state index contributed by atoms with van der Waals surface area (Å²) in [6.07, 6.45) is 1.63. The maximum absolute atomic E-state index is 7.27. The molecule has 0 aromatic heterocycles. The normalized spacial score (nSPS) is 26.1. The van der Waals surface area contributed by atoms with Crippen molar-refractivity contribution in [2.75, 3.05) is 0 Å². The van der Waals surface area contributed by atoms with Crippen LogP contribution in [0, 0.1) is 0 Å². The summed E-state index contributed by atoms with van der Waals surface area (Å²) in [7, 11) is 0. The third-order valence-electron chi connectivity index (χ3n) is 6.64. The van der Waals surface area contributed by atoms with Crippen molar-refractivity contribution in [3.8, 4) is 0 Å². The van der Waals surface area contributed by atoms with Gasteiger partial charge in [0.15, 0.2) is 0 Å². The van der Waals surface area contributed by atoms with E-state index >= 15 is 0 Å². The Balaban J connectivity index is 0.00000210. The second-order valence-electron chi connectivity index (χ2n) is 7.69. The van der Waals surface area contributed by atoms with Crippen LogP contribution in [-0.2, 0) is 35.6 Å². The fourth-order valence-corrected chi connectivity index (χ4v) is 5.50. The van der Waals surface area contributed by atoms with E-state index in [1.807, 2.05) is 0 Å². The second kappa shape index (κ2) is 7.32. The Kier molecular flexibility index (Phi) is 5.72. The maximum atomic E-state index is 7.27. The molecule has 2 aromatic rings. The molecular formula is C24H24Cl2Hf. The van der Waals surface area contributed by atoms with Gasteiger partial charge in [-0.1, -0.05) is 48.5 Å². The van der Waals surface area contributed by atoms with Gasteiger partial charge in [-0.05, 0) is 85.1 Å². The van der Waals surface area contributed by atoms with E-state index in [2.05, 4.69) is 76.2 Å². The van der Waals surface area contributed by atoms with Crippen molar-refractivity contribution in [1.29, 1.82) is 0 Å². The third kappa shape index (κ3) is 2.96. The van der Waals surface area contributed by atoms with Crippen LogP contribution >= 0.6 is 23.2 Å². The van der Waals surface area contributed by atoms with Crippen LogP contribution in [0.2, 0.25) is 0 Å². The Morgan fingerprint density at radius 1 is 0.630 bits per heavy atom. The number of rotatable bonds is 3. The monoisotopic (exact) mass is 562 g/mol. The van der Waals surface area contributed by atoms with Gasteiger partial charge >= 0.3 is 0 Å². The van der Waals surface area contributed by atoms with E-state index in [4.69, 9.17) is 23.2 Å². The van der Waals surface area contributed by atoms with Crippen molar-refractivity contribution in [1.82, 2.24) is 0 Å². The average Bonchev–Trinajstić information content (AvgIpc) is 2.98. The molecule has 0 saturated heterocycles. The van der Waals surface area contributed by atoms with Crippen LogP contribution in [0.1, 0.15) is 62.8 Å².